The number of benzene rings is 1. The van der Waals surface area contributed by atoms with Gasteiger partial charge >= 0.3 is 0 Å². The smallest absolute Gasteiger partial charge is 0.229 e. The number of aryl methyl sites for hydroxylation is 2. The molecule has 1 fully saturated rings. The summed E-state index contributed by atoms with van der Waals surface area (Å²) in [6.07, 6.45) is 3.08. The largest absolute Gasteiger partial charge is 0.493 e. The van der Waals surface area contributed by atoms with Gasteiger partial charge in [-0.2, -0.15) is 0 Å². The fraction of sp³-hybridized carbons (Fsp3) is 0.304. The van der Waals surface area contributed by atoms with Crippen molar-refractivity contribution < 1.29 is 23.0 Å². The normalized spacial score (nSPS) is 19.3. The second-order valence-corrected chi connectivity index (χ2v) is 7.77. The van der Waals surface area contributed by atoms with Crippen molar-refractivity contribution in [1.29, 1.82) is 0 Å². The summed E-state index contributed by atoms with van der Waals surface area (Å²) in [5.41, 5.74) is 0.824. The molecule has 0 bridgehead atoms. The SMILES string of the molecule is COc1cc(NC(=O)[C@@H]2C[C@@]2(COc2cnc(C)nc2C)c2ccc(F)cc2)ncc1F. The predicted molar refractivity (Wildman–Crippen MR) is 113 cm³/mol. The maximum absolute atomic E-state index is 13.6. The van der Waals surface area contributed by atoms with E-state index in [9.17, 15) is 13.6 Å². The van der Waals surface area contributed by atoms with Gasteiger partial charge in [0.05, 0.1) is 37.7 Å². The number of pyridine rings is 1. The van der Waals surface area contributed by atoms with Crippen molar-refractivity contribution in [1.82, 2.24) is 15.0 Å². The molecule has 0 saturated heterocycles. The number of halogens is 2. The Hall–Kier alpha value is -3.62. The first-order valence-electron chi connectivity index (χ1n) is 10.0. The van der Waals surface area contributed by atoms with E-state index in [4.69, 9.17) is 9.47 Å². The number of carbonyl (C=O) groups excluding carboxylic acids is 1. The van der Waals surface area contributed by atoms with Gasteiger partial charge in [-0.05, 0) is 38.0 Å². The van der Waals surface area contributed by atoms with E-state index >= 15 is 0 Å². The summed E-state index contributed by atoms with van der Waals surface area (Å²) in [6.45, 7) is 3.79. The third-order valence-corrected chi connectivity index (χ3v) is 5.64. The highest BCUT2D eigenvalue weighted by Crippen LogP contribution is 2.55. The number of hydrogen-bond donors (Lipinski definition) is 1. The minimum atomic E-state index is -0.654. The van der Waals surface area contributed by atoms with Gasteiger partial charge in [0.1, 0.15) is 17.5 Å². The Kier molecular flexibility index (Phi) is 5.73. The molecule has 1 saturated carbocycles. The average Bonchev–Trinajstić information content (AvgIpc) is 3.51. The van der Waals surface area contributed by atoms with E-state index in [1.165, 1.54) is 25.3 Å². The molecule has 1 aliphatic carbocycles. The van der Waals surface area contributed by atoms with Crippen molar-refractivity contribution in [3.63, 3.8) is 0 Å². The van der Waals surface area contributed by atoms with Crippen molar-refractivity contribution in [3.05, 3.63) is 71.4 Å². The minimum absolute atomic E-state index is 0.0194. The first-order chi connectivity index (χ1) is 15.3. The Balaban J connectivity index is 1.56. The van der Waals surface area contributed by atoms with Crippen LogP contribution < -0.4 is 14.8 Å². The first-order valence-corrected chi connectivity index (χ1v) is 10.0. The van der Waals surface area contributed by atoms with Gasteiger partial charge < -0.3 is 14.8 Å². The summed E-state index contributed by atoms with van der Waals surface area (Å²) in [5, 5.41) is 2.71. The third kappa shape index (κ3) is 4.23. The van der Waals surface area contributed by atoms with Gasteiger partial charge in [-0.15, -0.1) is 0 Å². The lowest BCUT2D eigenvalue weighted by molar-refractivity contribution is -0.117. The Bertz CT molecular complexity index is 1160. The van der Waals surface area contributed by atoms with Crippen LogP contribution in [0.1, 0.15) is 23.5 Å². The number of amides is 1. The summed E-state index contributed by atoms with van der Waals surface area (Å²) >= 11 is 0. The number of hydrogen-bond acceptors (Lipinski definition) is 6. The Labute approximate surface area is 183 Å². The standard InChI is InChI=1S/C23H22F2N4O3/c1-13-20(11-26-14(2)28-13)32-12-23(15-4-6-16(24)7-5-15)9-17(23)22(30)29-21-8-19(31-3)18(25)10-27-21/h4-8,10-11,17H,9,12H2,1-3H3,(H,27,29,30)/t17-,23+/m0/s1. The van der Waals surface area contributed by atoms with Crippen LogP contribution in [0.3, 0.4) is 0 Å². The molecule has 32 heavy (non-hydrogen) atoms. The quantitative estimate of drug-likeness (QED) is 0.602. The van der Waals surface area contributed by atoms with Crippen LogP contribution in [0, 0.1) is 31.4 Å². The maximum Gasteiger partial charge on any atom is 0.229 e. The van der Waals surface area contributed by atoms with Crippen molar-refractivity contribution in [2.75, 3.05) is 19.0 Å². The zero-order valence-corrected chi connectivity index (χ0v) is 17.9. The van der Waals surface area contributed by atoms with E-state index in [0.717, 1.165) is 11.8 Å². The lowest BCUT2D eigenvalue weighted by Gasteiger charge is -2.19. The Morgan fingerprint density at radius 3 is 2.59 bits per heavy atom. The number of carbonyl (C=O) groups is 1. The summed E-state index contributed by atoms with van der Waals surface area (Å²) in [4.78, 5) is 25.4. The molecule has 1 amide bonds. The summed E-state index contributed by atoms with van der Waals surface area (Å²) in [5.74, 6) is -0.417. The number of anilines is 1. The molecule has 7 nitrogen and oxygen atoms in total. The lowest BCUT2D eigenvalue weighted by Crippen LogP contribution is -2.27. The molecular formula is C23H22F2N4O3. The predicted octanol–water partition coefficient (Wildman–Crippen LogP) is 3.75. The highest BCUT2D eigenvalue weighted by atomic mass is 19.1. The number of methoxy groups -OCH3 is 1. The fourth-order valence-electron chi connectivity index (χ4n) is 3.77. The van der Waals surface area contributed by atoms with Crippen LogP contribution in [-0.2, 0) is 10.2 Å². The second kappa shape index (κ2) is 8.49. The second-order valence-electron chi connectivity index (χ2n) is 7.77. The first kappa shape index (κ1) is 21.6. The molecule has 2 aromatic heterocycles. The molecule has 1 aliphatic rings. The summed E-state index contributed by atoms with van der Waals surface area (Å²) in [6, 6.07) is 7.35. The molecular weight excluding hydrogens is 418 g/mol. The zero-order chi connectivity index (χ0) is 22.9. The molecule has 0 aliphatic heterocycles. The Morgan fingerprint density at radius 2 is 1.91 bits per heavy atom. The van der Waals surface area contributed by atoms with Crippen LogP contribution in [0.4, 0.5) is 14.6 Å². The van der Waals surface area contributed by atoms with E-state index in [1.807, 2.05) is 6.92 Å². The van der Waals surface area contributed by atoms with E-state index in [2.05, 4.69) is 20.3 Å². The summed E-state index contributed by atoms with van der Waals surface area (Å²) in [7, 11) is 1.33. The molecule has 2 atom stereocenters. The molecule has 0 radical (unpaired) electrons. The lowest BCUT2D eigenvalue weighted by atomic mass is 9.93. The van der Waals surface area contributed by atoms with Crippen LogP contribution in [0.25, 0.3) is 0 Å². The van der Waals surface area contributed by atoms with Crippen LogP contribution in [-0.4, -0.2) is 34.6 Å². The van der Waals surface area contributed by atoms with E-state index in [-0.39, 0.29) is 29.9 Å². The van der Waals surface area contributed by atoms with E-state index in [1.54, 1.807) is 25.3 Å². The topological polar surface area (TPSA) is 86.2 Å². The zero-order valence-electron chi connectivity index (χ0n) is 17.9. The number of nitrogens with zero attached hydrogens (tertiary/aromatic N) is 3. The molecule has 3 aromatic rings. The number of nitrogens with one attached hydrogen (secondary N) is 1. The maximum atomic E-state index is 13.6. The molecule has 166 valence electrons. The van der Waals surface area contributed by atoms with Gasteiger partial charge in [-0.25, -0.2) is 23.7 Å². The number of rotatable bonds is 7. The van der Waals surface area contributed by atoms with Gasteiger partial charge in [0.15, 0.2) is 17.3 Å². The van der Waals surface area contributed by atoms with Gasteiger partial charge in [0, 0.05) is 11.5 Å². The monoisotopic (exact) mass is 440 g/mol. The highest BCUT2D eigenvalue weighted by molar-refractivity contribution is 5.95. The molecule has 9 heteroatoms. The van der Waals surface area contributed by atoms with Gasteiger partial charge in [0.25, 0.3) is 0 Å². The van der Waals surface area contributed by atoms with Crippen molar-refractivity contribution in [3.8, 4) is 11.5 Å². The average molecular weight is 440 g/mol. The molecule has 2 heterocycles. The molecule has 0 spiro atoms. The Morgan fingerprint density at radius 1 is 1.16 bits per heavy atom. The molecule has 1 aromatic carbocycles. The number of aromatic nitrogens is 3. The number of ether oxygens (including phenoxy) is 2. The summed E-state index contributed by atoms with van der Waals surface area (Å²) < 4.78 is 38.1. The minimum Gasteiger partial charge on any atom is -0.493 e. The van der Waals surface area contributed by atoms with Crippen LogP contribution >= 0.6 is 0 Å². The van der Waals surface area contributed by atoms with Crippen molar-refractivity contribution in [2.24, 2.45) is 5.92 Å². The molecule has 4 rings (SSSR count). The fourth-order valence-corrected chi connectivity index (χ4v) is 3.77. The third-order valence-electron chi connectivity index (χ3n) is 5.64. The van der Waals surface area contributed by atoms with Gasteiger partial charge in [-0.3, -0.25) is 4.79 Å². The van der Waals surface area contributed by atoms with Crippen LogP contribution in [0.5, 0.6) is 11.5 Å². The van der Waals surface area contributed by atoms with Gasteiger partial charge in [-0.1, -0.05) is 12.1 Å². The molecule has 1 N–H and O–H groups in total. The van der Waals surface area contributed by atoms with Crippen LogP contribution in [0.15, 0.2) is 42.7 Å². The van der Waals surface area contributed by atoms with E-state index < -0.39 is 17.2 Å². The highest BCUT2D eigenvalue weighted by Gasteiger charge is 2.60. The van der Waals surface area contributed by atoms with Crippen LogP contribution in [0.2, 0.25) is 0 Å². The van der Waals surface area contributed by atoms with Crippen molar-refractivity contribution in [2.45, 2.75) is 25.7 Å². The van der Waals surface area contributed by atoms with Crippen molar-refractivity contribution >= 4 is 11.7 Å². The van der Waals surface area contributed by atoms with E-state index in [0.29, 0.717) is 23.7 Å². The van der Waals surface area contributed by atoms with Gasteiger partial charge in [0.2, 0.25) is 5.91 Å². The molecule has 0 unspecified atom stereocenters.